The largest absolute Gasteiger partial charge is 0.264 e. The van der Waals surface area contributed by atoms with E-state index in [1.54, 1.807) is 13.1 Å². The Hall–Kier alpha value is -1.96. The predicted octanol–water partition coefficient (Wildman–Crippen LogP) is 5.94. The first-order valence-corrected chi connectivity index (χ1v) is 8.48. The van der Waals surface area contributed by atoms with Crippen molar-refractivity contribution in [3.05, 3.63) is 66.5 Å². The molecule has 2 heteroatoms. The second-order valence-electron chi connectivity index (χ2n) is 6.11. The molecular weight excluding hydrogens is 285 g/mol. The van der Waals surface area contributed by atoms with Crippen molar-refractivity contribution in [1.82, 2.24) is 4.98 Å². The van der Waals surface area contributed by atoms with E-state index in [0.717, 1.165) is 37.7 Å². The summed E-state index contributed by atoms with van der Waals surface area (Å²) in [6.07, 6.45) is 10.8. The Bertz CT molecular complexity index is 604. The van der Waals surface area contributed by atoms with Crippen LogP contribution in [0.4, 0.5) is 4.39 Å². The minimum Gasteiger partial charge on any atom is -0.264 e. The molecule has 0 radical (unpaired) electrons. The van der Waals surface area contributed by atoms with Gasteiger partial charge in [0, 0.05) is 18.0 Å². The third-order valence-electron chi connectivity index (χ3n) is 4.07. The van der Waals surface area contributed by atoms with Gasteiger partial charge in [-0.05, 0) is 55.4 Å². The van der Waals surface area contributed by atoms with Crippen LogP contribution in [0.1, 0.15) is 43.7 Å². The summed E-state index contributed by atoms with van der Waals surface area (Å²) in [4.78, 5) is 4.21. The number of rotatable bonds is 9. The molecule has 2 rings (SSSR count). The van der Waals surface area contributed by atoms with Crippen LogP contribution >= 0.6 is 0 Å². The van der Waals surface area contributed by atoms with Crippen LogP contribution in [0.3, 0.4) is 0 Å². The van der Waals surface area contributed by atoms with Crippen LogP contribution in [0.25, 0.3) is 11.1 Å². The van der Waals surface area contributed by atoms with Gasteiger partial charge in [0.15, 0.2) is 0 Å². The van der Waals surface area contributed by atoms with Crippen LogP contribution in [0, 0.1) is 0 Å². The van der Waals surface area contributed by atoms with E-state index in [9.17, 15) is 4.39 Å². The Morgan fingerprint density at radius 1 is 1.22 bits per heavy atom. The predicted molar refractivity (Wildman–Crippen MR) is 96.3 cm³/mol. The third kappa shape index (κ3) is 5.63. The van der Waals surface area contributed by atoms with Gasteiger partial charge in [-0.1, -0.05) is 43.2 Å². The van der Waals surface area contributed by atoms with Crippen molar-refractivity contribution in [3.8, 4) is 11.1 Å². The lowest BCUT2D eigenvalue weighted by molar-refractivity contribution is 0.330. The lowest BCUT2D eigenvalue weighted by Gasteiger charge is -2.11. The summed E-state index contributed by atoms with van der Waals surface area (Å²) in [5.41, 5.74) is 5.02. The molecule has 0 bridgehead atoms. The Morgan fingerprint density at radius 2 is 2.09 bits per heavy atom. The number of pyridine rings is 1. The molecule has 0 amide bonds. The number of aryl methyl sites for hydroxylation is 1. The molecule has 0 aliphatic heterocycles. The molecule has 1 heterocycles. The average molecular weight is 311 g/mol. The number of aromatic nitrogens is 1. The molecule has 0 aliphatic rings. The van der Waals surface area contributed by atoms with Gasteiger partial charge in [-0.25, -0.2) is 4.39 Å². The Kier molecular flexibility index (Phi) is 6.99. The highest BCUT2D eigenvalue weighted by Gasteiger charge is 2.06. The maximum absolute atomic E-state index is 12.8. The summed E-state index contributed by atoms with van der Waals surface area (Å²) in [5, 5.41) is 0. The summed E-state index contributed by atoms with van der Waals surface area (Å²) in [6.45, 7) is 5.51. The number of alkyl halides is 1. The summed E-state index contributed by atoms with van der Waals surface area (Å²) in [5.74, 6) is 0. The molecule has 0 N–H and O–H groups in total. The second kappa shape index (κ2) is 9.24. The van der Waals surface area contributed by atoms with E-state index in [-0.39, 0.29) is 0 Å². The van der Waals surface area contributed by atoms with Crippen LogP contribution in [0.2, 0.25) is 0 Å². The molecule has 0 fully saturated rings. The van der Waals surface area contributed by atoms with Crippen molar-refractivity contribution in [2.75, 3.05) is 0 Å². The number of halogens is 1. The number of hydrogen-bond acceptors (Lipinski definition) is 1. The van der Waals surface area contributed by atoms with E-state index in [1.807, 2.05) is 18.3 Å². The summed E-state index contributed by atoms with van der Waals surface area (Å²) < 4.78 is 12.8. The molecule has 1 aromatic carbocycles. The lowest BCUT2D eigenvalue weighted by Crippen LogP contribution is -1.95. The van der Waals surface area contributed by atoms with Crippen molar-refractivity contribution in [2.24, 2.45) is 0 Å². The van der Waals surface area contributed by atoms with E-state index in [4.69, 9.17) is 0 Å². The van der Waals surface area contributed by atoms with Crippen LogP contribution in [-0.4, -0.2) is 11.2 Å². The van der Waals surface area contributed by atoms with Crippen molar-refractivity contribution >= 4 is 0 Å². The van der Waals surface area contributed by atoms with Gasteiger partial charge < -0.3 is 0 Å². The first-order chi connectivity index (χ1) is 11.2. The van der Waals surface area contributed by atoms with Crippen LogP contribution in [0.15, 0.2) is 55.4 Å². The highest BCUT2D eigenvalue weighted by molar-refractivity contribution is 5.67. The number of allylic oxidation sites excluding steroid dienone is 1. The van der Waals surface area contributed by atoms with Gasteiger partial charge in [0.2, 0.25) is 0 Å². The summed E-state index contributed by atoms with van der Waals surface area (Å²) in [6, 6.07) is 10.7. The Morgan fingerprint density at radius 3 is 2.78 bits per heavy atom. The van der Waals surface area contributed by atoms with Gasteiger partial charge in [0.1, 0.15) is 0 Å². The highest BCUT2D eigenvalue weighted by Crippen LogP contribution is 2.25. The average Bonchev–Trinajstić information content (AvgIpc) is 2.56. The number of hydrogen-bond donors (Lipinski definition) is 0. The molecular formula is C21H26FN. The minimum atomic E-state index is -0.673. The molecule has 0 aliphatic carbocycles. The van der Waals surface area contributed by atoms with Gasteiger partial charge in [0.25, 0.3) is 0 Å². The fraction of sp³-hybridized carbons (Fsp3) is 0.381. The van der Waals surface area contributed by atoms with Crippen LogP contribution < -0.4 is 0 Å². The van der Waals surface area contributed by atoms with Gasteiger partial charge >= 0.3 is 0 Å². The molecule has 0 saturated carbocycles. The monoisotopic (exact) mass is 311 g/mol. The van der Waals surface area contributed by atoms with Gasteiger partial charge in [-0.2, -0.15) is 0 Å². The van der Waals surface area contributed by atoms with E-state index in [1.165, 1.54) is 16.7 Å². The van der Waals surface area contributed by atoms with Crippen molar-refractivity contribution < 1.29 is 4.39 Å². The highest BCUT2D eigenvalue weighted by atomic mass is 19.1. The fourth-order valence-corrected chi connectivity index (χ4v) is 2.86. The standard InChI is InChI=1S/C21H26FN/c1-3-8-19-15-18(10-6-4-5-9-17(2)22)12-13-21(19)20-11-7-14-23-16-20/h3,7,11-17H,1,4-6,8-10H2,2H3. The smallest absolute Gasteiger partial charge is 0.0973 e. The fourth-order valence-electron chi connectivity index (χ4n) is 2.86. The summed E-state index contributed by atoms with van der Waals surface area (Å²) in [7, 11) is 0. The summed E-state index contributed by atoms with van der Waals surface area (Å²) >= 11 is 0. The quantitative estimate of drug-likeness (QED) is 0.412. The van der Waals surface area contributed by atoms with E-state index < -0.39 is 6.17 Å². The first kappa shape index (κ1) is 17.4. The van der Waals surface area contributed by atoms with Crippen LogP contribution in [-0.2, 0) is 12.8 Å². The zero-order chi connectivity index (χ0) is 16.5. The minimum absolute atomic E-state index is 0.673. The Balaban J connectivity index is 2.03. The molecule has 1 atom stereocenters. The molecule has 2 aromatic rings. The van der Waals surface area contributed by atoms with Crippen molar-refractivity contribution in [1.29, 1.82) is 0 Å². The van der Waals surface area contributed by atoms with E-state index in [0.29, 0.717) is 6.42 Å². The molecule has 0 saturated heterocycles. The normalized spacial score (nSPS) is 12.1. The zero-order valence-electron chi connectivity index (χ0n) is 14.0. The maximum Gasteiger partial charge on any atom is 0.0973 e. The number of benzene rings is 1. The molecule has 0 spiro atoms. The van der Waals surface area contributed by atoms with Gasteiger partial charge in [0.05, 0.1) is 6.17 Å². The van der Waals surface area contributed by atoms with Crippen molar-refractivity contribution in [2.45, 2.75) is 51.6 Å². The molecule has 1 nitrogen and oxygen atoms in total. The molecule has 1 aromatic heterocycles. The van der Waals surface area contributed by atoms with Crippen LogP contribution in [0.5, 0.6) is 0 Å². The topological polar surface area (TPSA) is 12.9 Å². The number of unbranched alkanes of at least 4 members (excludes halogenated alkanes) is 2. The van der Waals surface area contributed by atoms with E-state index in [2.05, 4.69) is 35.8 Å². The molecule has 1 unspecified atom stereocenters. The maximum atomic E-state index is 12.8. The van der Waals surface area contributed by atoms with Gasteiger partial charge in [-0.15, -0.1) is 6.58 Å². The second-order valence-corrected chi connectivity index (χ2v) is 6.11. The van der Waals surface area contributed by atoms with Crippen molar-refractivity contribution in [3.63, 3.8) is 0 Å². The van der Waals surface area contributed by atoms with Gasteiger partial charge in [-0.3, -0.25) is 4.98 Å². The first-order valence-electron chi connectivity index (χ1n) is 8.48. The molecule has 23 heavy (non-hydrogen) atoms. The van der Waals surface area contributed by atoms with E-state index >= 15 is 0 Å². The third-order valence-corrected chi connectivity index (χ3v) is 4.07. The SMILES string of the molecule is C=CCc1cc(CCCCCC(C)F)ccc1-c1cccnc1. The Labute approximate surface area is 139 Å². The zero-order valence-corrected chi connectivity index (χ0v) is 14.0. The lowest BCUT2D eigenvalue weighted by atomic mass is 9.94. The number of nitrogens with zero attached hydrogens (tertiary/aromatic N) is 1. The molecule has 122 valence electrons.